The first-order chi connectivity index (χ1) is 8.90. The molecule has 7 heteroatoms. The third-order valence-corrected chi connectivity index (χ3v) is 2.58. The van der Waals surface area contributed by atoms with Gasteiger partial charge in [0.15, 0.2) is 11.5 Å². The zero-order valence-electron chi connectivity index (χ0n) is 9.72. The number of carboxylic acid groups (broad SMARTS) is 1. The SMILES string of the molecule is Cc1cc(-c2cc(C(=O)O)no2)cc(C(F)F)c1O. The van der Waals surface area contributed by atoms with Crippen LogP contribution < -0.4 is 0 Å². The number of aromatic carboxylic acids is 1. The Hall–Kier alpha value is -2.44. The predicted molar refractivity (Wildman–Crippen MR) is 60.3 cm³/mol. The van der Waals surface area contributed by atoms with Crippen LogP contribution in [-0.2, 0) is 0 Å². The zero-order valence-corrected chi connectivity index (χ0v) is 9.72. The third-order valence-electron chi connectivity index (χ3n) is 2.58. The van der Waals surface area contributed by atoms with Gasteiger partial charge in [-0.2, -0.15) is 0 Å². The highest BCUT2D eigenvalue weighted by Crippen LogP contribution is 2.35. The molecule has 0 aliphatic heterocycles. The summed E-state index contributed by atoms with van der Waals surface area (Å²) in [5, 5.41) is 21.5. The van der Waals surface area contributed by atoms with Crippen molar-refractivity contribution in [1.82, 2.24) is 5.16 Å². The van der Waals surface area contributed by atoms with Gasteiger partial charge in [-0.1, -0.05) is 5.16 Å². The lowest BCUT2D eigenvalue weighted by atomic mass is 10.0. The number of carbonyl (C=O) groups is 1. The number of hydrogen-bond acceptors (Lipinski definition) is 4. The molecular weight excluding hydrogens is 260 g/mol. The summed E-state index contributed by atoms with van der Waals surface area (Å²) in [6.45, 7) is 1.46. The van der Waals surface area contributed by atoms with Gasteiger partial charge in [-0.25, -0.2) is 13.6 Å². The number of phenolic OH excluding ortho intramolecular Hbond substituents is 1. The summed E-state index contributed by atoms with van der Waals surface area (Å²) in [6.07, 6.45) is -2.85. The Morgan fingerprint density at radius 1 is 1.37 bits per heavy atom. The fourth-order valence-corrected chi connectivity index (χ4v) is 1.63. The highest BCUT2D eigenvalue weighted by Gasteiger charge is 2.19. The van der Waals surface area contributed by atoms with Gasteiger partial charge in [0, 0.05) is 11.6 Å². The topological polar surface area (TPSA) is 83.6 Å². The molecule has 0 radical (unpaired) electrons. The van der Waals surface area contributed by atoms with E-state index in [1.807, 2.05) is 0 Å². The molecule has 0 bridgehead atoms. The average molecular weight is 269 g/mol. The smallest absolute Gasteiger partial charge is 0.358 e. The highest BCUT2D eigenvalue weighted by atomic mass is 19.3. The minimum Gasteiger partial charge on any atom is -0.507 e. The Kier molecular flexibility index (Phi) is 3.20. The van der Waals surface area contributed by atoms with E-state index in [9.17, 15) is 18.7 Å². The van der Waals surface area contributed by atoms with E-state index in [1.54, 1.807) is 0 Å². The van der Waals surface area contributed by atoms with Crippen molar-refractivity contribution in [3.63, 3.8) is 0 Å². The van der Waals surface area contributed by atoms with Crippen LogP contribution in [0.1, 0.15) is 28.0 Å². The summed E-state index contributed by atoms with van der Waals surface area (Å²) < 4.78 is 30.3. The zero-order chi connectivity index (χ0) is 14.2. The lowest BCUT2D eigenvalue weighted by Crippen LogP contribution is -1.94. The molecular formula is C12H9F2NO4. The van der Waals surface area contributed by atoms with Crippen LogP contribution in [0.5, 0.6) is 5.75 Å². The summed E-state index contributed by atoms with van der Waals surface area (Å²) in [5.74, 6) is -1.72. The molecule has 2 N–H and O–H groups in total. The number of hydrogen-bond donors (Lipinski definition) is 2. The molecule has 1 heterocycles. The van der Waals surface area contributed by atoms with E-state index in [0.717, 1.165) is 12.1 Å². The van der Waals surface area contributed by atoms with Gasteiger partial charge in [0.25, 0.3) is 6.43 Å². The first-order valence-electron chi connectivity index (χ1n) is 5.22. The quantitative estimate of drug-likeness (QED) is 0.894. The first-order valence-corrected chi connectivity index (χ1v) is 5.22. The molecule has 2 aromatic rings. The molecule has 2 rings (SSSR count). The predicted octanol–water partition coefficient (Wildman–Crippen LogP) is 2.99. The maximum atomic E-state index is 12.7. The number of alkyl halides is 2. The molecule has 0 spiro atoms. The van der Waals surface area contributed by atoms with Gasteiger partial charge in [-0.3, -0.25) is 0 Å². The van der Waals surface area contributed by atoms with E-state index in [0.29, 0.717) is 0 Å². The molecule has 0 aliphatic carbocycles. The standard InChI is InChI=1S/C12H9F2NO4/c1-5-2-6(3-7(10(5)16)11(13)14)9-4-8(12(17)18)15-19-9/h2-4,11,16H,1H3,(H,17,18). The molecule has 0 aliphatic rings. The molecule has 1 aromatic heterocycles. The van der Waals surface area contributed by atoms with Crippen molar-refractivity contribution in [3.05, 3.63) is 35.0 Å². The van der Waals surface area contributed by atoms with Gasteiger partial charge in [-0.15, -0.1) is 0 Å². The number of carboxylic acids is 1. The number of rotatable bonds is 3. The van der Waals surface area contributed by atoms with Gasteiger partial charge in [0.1, 0.15) is 5.75 Å². The number of aryl methyl sites for hydroxylation is 1. The van der Waals surface area contributed by atoms with E-state index in [4.69, 9.17) is 9.63 Å². The van der Waals surface area contributed by atoms with Crippen LogP contribution in [-0.4, -0.2) is 21.3 Å². The minimum atomic E-state index is -2.85. The largest absolute Gasteiger partial charge is 0.507 e. The normalized spacial score (nSPS) is 10.9. The van der Waals surface area contributed by atoms with Gasteiger partial charge in [0.05, 0.1) is 5.56 Å². The van der Waals surface area contributed by atoms with E-state index in [-0.39, 0.29) is 22.6 Å². The Bertz CT molecular complexity index is 637. The molecule has 100 valence electrons. The number of aromatic nitrogens is 1. The number of benzene rings is 1. The Balaban J connectivity index is 2.53. The summed E-state index contributed by atoms with van der Waals surface area (Å²) in [4.78, 5) is 10.7. The highest BCUT2D eigenvalue weighted by molar-refractivity contribution is 5.86. The molecule has 19 heavy (non-hydrogen) atoms. The second-order valence-electron chi connectivity index (χ2n) is 3.91. The maximum Gasteiger partial charge on any atom is 0.358 e. The first kappa shape index (κ1) is 13.0. The van der Waals surface area contributed by atoms with Crippen LogP contribution in [0.3, 0.4) is 0 Å². The number of aromatic hydroxyl groups is 1. The molecule has 0 fully saturated rings. The van der Waals surface area contributed by atoms with Crippen molar-refractivity contribution in [2.45, 2.75) is 13.3 Å². The van der Waals surface area contributed by atoms with Crippen LogP contribution in [0.2, 0.25) is 0 Å². The van der Waals surface area contributed by atoms with Crippen molar-refractivity contribution < 1.29 is 28.3 Å². The van der Waals surface area contributed by atoms with Gasteiger partial charge in [0.2, 0.25) is 0 Å². The van der Waals surface area contributed by atoms with E-state index >= 15 is 0 Å². The summed E-state index contributed by atoms with van der Waals surface area (Å²) in [6, 6.07) is 3.58. The summed E-state index contributed by atoms with van der Waals surface area (Å²) >= 11 is 0. The van der Waals surface area contributed by atoms with Crippen molar-refractivity contribution in [3.8, 4) is 17.1 Å². The van der Waals surface area contributed by atoms with Gasteiger partial charge in [-0.05, 0) is 24.6 Å². The van der Waals surface area contributed by atoms with E-state index in [2.05, 4.69) is 5.16 Å². The Labute approximate surface area is 106 Å². The van der Waals surface area contributed by atoms with Crippen molar-refractivity contribution in [2.24, 2.45) is 0 Å². The minimum absolute atomic E-state index is 0.0439. The number of nitrogens with zero attached hydrogens (tertiary/aromatic N) is 1. The summed E-state index contributed by atoms with van der Waals surface area (Å²) in [7, 11) is 0. The van der Waals surface area contributed by atoms with Crippen LogP contribution >= 0.6 is 0 Å². The van der Waals surface area contributed by atoms with Crippen molar-refractivity contribution in [1.29, 1.82) is 0 Å². The molecule has 5 nitrogen and oxygen atoms in total. The number of phenols is 1. The summed E-state index contributed by atoms with van der Waals surface area (Å²) in [5.41, 5.74) is -0.394. The molecule has 0 atom stereocenters. The van der Waals surface area contributed by atoms with Crippen molar-refractivity contribution >= 4 is 5.97 Å². The molecule has 0 amide bonds. The van der Waals surface area contributed by atoms with E-state index < -0.39 is 23.7 Å². The molecule has 1 aromatic carbocycles. The van der Waals surface area contributed by atoms with E-state index in [1.165, 1.54) is 13.0 Å². The fraction of sp³-hybridized carbons (Fsp3) is 0.167. The van der Waals surface area contributed by atoms with Gasteiger partial charge >= 0.3 is 5.97 Å². The Morgan fingerprint density at radius 2 is 2.05 bits per heavy atom. The lowest BCUT2D eigenvalue weighted by Gasteiger charge is -2.08. The lowest BCUT2D eigenvalue weighted by molar-refractivity contribution is 0.0685. The maximum absolute atomic E-state index is 12.7. The second-order valence-corrected chi connectivity index (χ2v) is 3.91. The van der Waals surface area contributed by atoms with Crippen LogP contribution in [0.25, 0.3) is 11.3 Å². The molecule has 0 unspecified atom stereocenters. The number of halogens is 2. The molecule has 0 saturated carbocycles. The van der Waals surface area contributed by atoms with Crippen LogP contribution in [0.15, 0.2) is 22.7 Å². The van der Waals surface area contributed by atoms with Crippen molar-refractivity contribution in [2.75, 3.05) is 0 Å². The third kappa shape index (κ3) is 2.40. The monoisotopic (exact) mass is 269 g/mol. The molecule has 0 saturated heterocycles. The second kappa shape index (κ2) is 4.68. The average Bonchev–Trinajstić information content (AvgIpc) is 2.81. The van der Waals surface area contributed by atoms with Gasteiger partial charge < -0.3 is 14.7 Å². The fourth-order valence-electron chi connectivity index (χ4n) is 1.63. The van der Waals surface area contributed by atoms with Crippen LogP contribution in [0.4, 0.5) is 8.78 Å². The van der Waals surface area contributed by atoms with Crippen LogP contribution in [0, 0.1) is 6.92 Å². The Morgan fingerprint density at radius 3 is 2.58 bits per heavy atom.